The van der Waals surface area contributed by atoms with Crippen LogP contribution in [0.2, 0.25) is 0 Å². The number of hydrogen-bond donors (Lipinski definition) is 2. The van der Waals surface area contributed by atoms with Crippen LogP contribution in [0.1, 0.15) is 53.9 Å². The second-order valence-electron chi connectivity index (χ2n) is 10.4. The van der Waals surface area contributed by atoms with E-state index in [0.717, 1.165) is 39.3 Å². The number of dihydropyridines is 1. The molecule has 6 heteroatoms. The first-order valence-corrected chi connectivity index (χ1v) is 13.2. The summed E-state index contributed by atoms with van der Waals surface area (Å²) in [6.45, 7) is 5.95. The van der Waals surface area contributed by atoms with Gasteiger partial charge in [-0.15, -0.1) is 0 Å². The van der Waals surface area contributed by atoms with Crippen LogP contribution in [0.3, 0.4) is 0 Å². The number of hydrogen-bond acceptors (Lipinski definition) is 5. The minimum absolute atomic E-state index is 0.0162. The van der Waals surface area contributed by atoms with E-state index >= 15 is 0 Å². The van der Waals surface area contributed by atoms with Crippen LogP contribution >= 0.6 is 0 Å². The highest BCUT2D eigenvalue weighted by atomic mass is 16.5. The number of Topliss-reactive ketones (excluding diaryl/α,β-unsaturated/α-hetero) is 1. The van der Waals surface area contributed by atoms with Crippen molar-refractivity contribution in [3.8, 4) is 11.5 Å². The second-order valence-corrected chi connectivity index (χ2v) is 10.4. The molecular weight excluding hydrogens is 488 g/mol. The molecule has 1 aliphatic heterocycles. The van der Waals surface area contributed by atoms with Gasteiger partial charge in [-0.2, -0.15) is 0 Å². The summed E-state index contributed by atoms with van der Waals surface area (Å²) in [5.41, 5.74) is 7.75. The van der Waals surface area contributed by atoms with E-state index in [1.807, 2.05) is 81.4 Å². The SMILES string of the molecule is COc1ccc(C2CC(=O)C3=C(C2)NC(C)=C(C(=O)Nc2ccc(C)cc2)C3c2cccc(C)c2)cc1OC. The van der Waals surface area contributed by atoms with Crippen LogP contribution in [-0.2, 0) is 9.59 Å². The van der Waals surface area contributed by atoms with Gasteiger partial charge in [-0.05, 0) is 68.5 Å². The van der Waals surface area contributed by atoms with Gasteiger partial charge in [0.1, 0.15) is 0 Å². The van der Waals surface area contributed by atoms with Crippen LogP contribution in [-0.4, -0.2) is 25.9 Å². The Balaban J connectivity index is 1.54. The van der Waals surface area contributed by atoms with Crippen molar-refractivity contribution in [1.82, 2.24) is 5.32 Å². The van der Waals surface area contributed by atoms with Gasteiger partial charge >= 0.3 is 0 Å². The van der Waals surface area contributed by atoms with Gasteiger partial charge in [-0.3, -0.25) is 9.59 Å². The van der Waals surface area contributed by atoms with Crippen LogP contribution in [0, 0.1) is 13.8 Å². The van der Waals surface area contributed by atoms with E-state index in [0.29, 0.717) is 35.5 Å². The number of nitrogens with one attached hydrogen (secondary N) is 2. The summed E-state index contributed by atoms with van der Waals surface area (Å²) in [6.07, 6.45) is 1.01. The van der Waals surface area contributed by atoms with Crippen molar-refractivity contribution in [2.24, 2.45) is 0 Å². The number of rotatable bonds is 6. The average Bonchev–Trinajstić information content (AvgIpc) is 2.92. The number of ketones is 1. The highest BCUT2D eigenvalue weighted by Crippen LogP contribution is 2.46. The quantitative estimate of drug-likeness (QED) is 0.396. The van der Waals surface area contributed by atoms with Crippen molar-refractivity contribution in [3.05, 3.63) is 112 Å². The molecule has 3 aromatic rings. The number of carbonyl (C=O) groups excluding carboxylic acids is 2. The van der Waals surface area contributed by atoms with E-state index < -0.39 is 5.92 Å². The fourth-order valence-corrected chi connectivity index (χ4v) is 5.70. The summed E-state index contributed by atoms with van der Waals surface area (Å²) in [5.74, 6) is 0.659. The topological polar surface area (TPSA) is 76.7 Å². The van der Waals surface area contributed by atoms with Gasteiger partial charge in [-0.1, -0.05) is 53.6 Å². The minimum Gasteiger partial charge on any atom is -0.493 e. The molecule has 2 aliphatic rings. The standard InChI is InChI=1S/C33H34N2O4/c1-19-9-12-25(13-10-19)35-33(37)30-21(3)34-26-16-24(22-11-14-28(38-4)29(18-22)39-5)17-27(36)32(26)31(30)23-8-6-7-20(2)15-23/h6-15,18,24,31,34H,16-17H2,1-5H3,(H,35,37). The molecule has 0 saturated carbocycles. The van der Waals surface area contributed by atoms with Gasteiger partial charge in [0.25, 0.3) is 5.91 Å². The molecule has 39 heavy (non-hydrogen) atoms. The first-order chi connectivity index (χ1) is 18.8. The summed E-state index contributed by atoms with van der Waals surface area (Å²) in [4.78, 5) is 27.7. The number of allylic oxidation sites excluding steroid dienone is 3. The van der Waals surface area contributed by atoms with E-state index in [1.165, 1.54) is 0 Å². The Morgan fingerprint density at radius 2 is 1.59 bits per heavy atom. The normalized spacial score (nSPS) is 18.8. The Morgan fingerprint density at radius 3 is 2.28 bits per heavy atom. The Morgan fingerprint density at radius 1 is 0.846 bits per heavy atom. The van der Waals surface area contributed by atoms with Crippen molar-refractivity contribution in [2.75, 3.05) is 19.5 Å². The summed E-state index contributed by atoms with van der Waals surface area (Å²) >= 11 is 0. The summed E-state index contributed by atoms with van der Waals surface area (Å²) in [6, 6.07) is 21.6. The summed E-state index contributed by atoms with van der Waals surface area (Å²) in [7, 11) is 3.22. The second kappa shape index (κ2) is 10.8. The molecule has 0 aromatic heterocycles. The lowest BCUT2D eigenvalue weighted by Gasteiger charge is -2.37. The lowest BCUT2D eigenvalue weighted by molar-refractivity contribution is -0.116. The fourth-order valence-electron chi connectivity index (χ4n) is 5.70. The molecule has 0 fully saturated rings. The number of anilines is 1. The molecule has 2 N–H and O–H groups in total. The van der Waals surface area contributed by atoms with E-state index in [1.54, 1.807) is 14.2 Å². The lowest BCUT2D eigenvalue weighted by Crippen LogP contribution is -2.37. The van der Waals surface area contributed by atoms with Gasteiger partial charge in [0, 0.05) is 40.6 Å². The van der Waals surface area contributed by atoms with Crippen molar-refractivity contribution >= 4 is 17.4 Å². The van der Waals surface area contributed by atoms with Crippen LogP contribution in [0.25, 0.3) is 0 Å². The molecule has 3 aromatic carbocycles. The number of methoxy groups -OCH3 is 2. The Bertz CT molecular complexity index is 1500. The average molecular weight is 523 g/mol. The molecule has 2 unspecified atom stereocenters. The predicted octanol–water partition coefficient (Wildman–Crippen LogP) is 6.32. The molecule has 6 nitrogen and oxygen atoms in total. The maximum atomic E-state index is 13.9. The first-order valence-electron chi connectivity index (χ1n) is 13.2. The van der Waals surface area contributed by atoms with Crippen LogP contribution in [0.15, 0.2) is 89.3 Å². The third kappa shape index (κ3) is 5.19. The molecule has 0 saturated heterocycles. The highest BCUT2D eigenvalue weighted by Gasteiger charge is 2.41. The zero-order chi connectivity index (χ0) is 27.7. The fraction of sp³-hybridized carbons (Fsp3) is 0.273. The van der Waals surface area contributed by atoms with Gasteiger partial charge in [0.05, 0.1) is 14.2 Å². The van der Waals surface area contributed by atoms with Crippen LogP contribution in [0.4, 0.5) is 5.69 Å². The Hall–Kier alpha value is -4.32. The molecule has 5 rings (SSSR count). The van der Waals surface area contributed by atoms with Gasteiger partial charge in [0.15, 0.2) is 17.3 Å². The lowest BCUT2D eigenvalue weighted by atomic mass is 9.71. The van der Waals surface area contributed by atoms with E-state index in [2.05, 4.69) is 16.7 Å². The van der Waals surface area contributed by atoms with Crippen molar-refractivity contribution < 1.29 is 19.1 Å². The third-order valence-electron chi connectivity index (χ3n) is 7.64. The molecule has 1 amide bonds. The first kappa shape index (κ1) is 26.3. The minimum atomic E-state index is -0.453. The third-order valence-corrected chi connectivity index (χ3v) is 7.64. The van der Waals surface area contributed by atoms with Crippen molar-refractivity contribution in [2.45, 2.75) is 45.4 Å². The smallest absolute Gasteiger partial charge is 0.254 e. The number of aryl methyl sites for hydroxylation is 2. The van der Waals surface area contributed by atoms with E-state index in [4.69, 9.17) is 9.47 Å². The number of benzene rings is 3. The molecule has 2 atom stereocenters. The largest absolute Gasteiger partial charge is 0.493 e. The van der Waals surface area contributed by atoms with Crippen LogP contribution < -0.4 is 20.1 Å². The maximum absolute atomic E-state index is 13.9. The molecule has 0 spiro atoms. The van der Waals surface area contributed by atoms with E-state index in [-0.39, 0.29) is 17.6 Å². The zero-order valence-corrected chi connectivity index (χ0v) is 23.1. The van der Waals surface area contributed by atoms with Crippen LogP contribution in [0.5, 0.6) is 11.5 Å². The molecule has 1 aliphatic carbocycles. The maximum Gasteiger partial charge on any atom is 0.254 e. The molecule has 0 bridgehead atoms. The van der Waals surface area contributed by atoms with Crippen molar-refractivity contribution in [3.63, 3.8) is 0 Å². The molecular formula is C33H34N2O4. The van der Waals surface area contributed by atoms with Gasteiger partial charge in [-0.25, -0.2) is 0 Å². The number of amides is 1. The van der Waals surface area contributed by atoms with Gasteiger partial charge in [0.2, 0.25) is 0 Å². The summed E-state index contributed by atoms with van der Waals surface area (Å²) in [5, 5.41) is 6.52. The van der Waals surface area contributed by atoms with Crippen molar-refractivity contribution in [1.29, 1.82) is 0 Å². The molecule has 1 heterocycles. The molecule has 200 valence electrons. The monoisotopic (exact) mass is 522 g/mol. The van der Waals surface area contributed by atoms with Gasteiger partial charge < -0.3 is 20.1 Å². The summed E-state index contributed by atoms with van der Waals surface area (Å²) < 4.78 is 10.9. The number of carbonyl (C=O) groups is 2. The Labute approximate surface area is 229 Å². The number of ether oxygens (including phenoxy) is 2. The predicted molar refractivity (Wildman–Crippen MR) is 153 cm³/mol. The highest BCUT2D eigenvalue weighted by molar-refractivity contribution is 6.10. The molecule has 0 radical (unpaired) electrons. The Kier molecular flexibility index (Phi) is 7.29. The zero-order valence-electron chi connectivity index (χ0n) is 23.1. The van der Waals surface area contributed by atoms with E-state index in [9.17, 15) is 9.59 Å².